The Morgan fingerprint density at radius 3 is 2.62 bits per heavy atom. The lowest BCUT2D eigenvalue weighted by Crippen LogP contribution is -2.38. The van der Waals surface area contributed by atoms with Gasteiger partial charge in [-0.25, -0.2) is 4.39 Å². The highest BCUT2D eigenvalue weighted by molar-refractivity contribution is 5.47. The van der Waals surface area contributed by atoms with E-state index < -0.39 is 0 Å². The number of methoxy groups -OCH3 is 1. The summed E-state index contributed by atoms with van der Waals surface area (Å²) in [4.78, 5) is 18.6. The molecule has 0 aliphatic rings. The smallest absolute Gasteiger partial charge is 0.210 e. The van der Waals surface area contributed by atoms with Crippen LogP contribution in [0.1, 0.15) is 12.5 Å². The average Bonchev–Trinajstić information content (AvgIpc) is 2.64. The molecule has 0 aliphatic heterocycles. The summed E-state index contributed by atoms with van der Waals surface area (Å²) < 4.78 is 18.4. The molecule has 1 aromatic carbocycles. The highest BCUT2D eigenvalue weighted by Crippen LogP contribution is 2.09. The fourth-order valence-corrected chi connectivity index (χ4v) is 2.44. The van der Waals surface area contributed by atoms with Gasteiger partial charge in [-0.2, -0.15) is 0 Å². The Balaban J connectivity index is 2.55. The molecule has 0 saturated heterocycles. The maximum absolute atomic E-state index is 12.9. The van der Waals surface area contributed by atoms with E-state index in [9.17, 15) is 9.18 Å². The van der Waals surface area contributed by atoms with Crippen LogP contribution >= 0.6 is 0 Å². The summed E-state index contributed by atoms with van der Waals surface area (Å²) in [5.41, 5.74) is 2.16. The van der Waals surface area contributed by atoms with E-state index in [1.165, 1.54) is 12.1 Å². The van der Waals surface area contributed by atoms with Gasteiger partial charge in [0.05, 0.1) is 6.10 Å². The van der Waals surface area contributed by atoms with Gasteiger partial charge in [0.25, 0.3) is 0 Å². The van der Waals surface area contributed by atoms with Crippen LogP contribution in [0.4, 0.5) is 4.39 Å². The number of rotatable bonds is 12. The third kappa shape index (κ3) is 8.58. The van der Waals surface area contributed by atoms with Gasteiger partial charge in [0.2, 0.25) is 6.41 Å². The Morgan fingerprint density at radius 1 is 1.35 bits per heavy atom. The molecule has 0 heterocycles. The molecule has 0 saturated carbocycles. The van der Waals surface area contributed by atoms with Crippen molar-refractivity contribution in [2.45, 2.75) is 19.4 Å². The number of ether oxygens (including phenoxy) is 1. The van der Waals surface area contributed by atoms with Gasteiger partial charge in [0.15, 0.2) is 0 Å². The number of hydrogen-bond donors (Lipinski definition) is 0. The normalized spacial score (nSPS) is 12.8. The fraction of sp³-hybridized carbons (Fsp3) is 0.400. The number of hydrogen-bond acceptors (Lipinski definition) is 4. The van der Waals surface area contributed by atoms with E-state index in [4.69, 9.17) is 4.74 Å². The molecular formula is C20H28FN3O2. The lowest BCUT2D eigenvalue weighted by Gasteiger charge is -2.26. The van der Waals surface area contributed by atoms with E-state index >= 15 is 0 Å². The van der Waals surface area contributed by atoms with Crippen molar-refractivity contribution >= 4 is 13.1 Å². The van der Waals surface area contributed by atoms with Crippen LogP contribution in [0, 0.1) is 5.82 Å². The minimum atomic E-state index is -0.239. The summed E-state index contributed by atoms with van der Waals surface area (Å²) in [6.07, 6.45) is 6.85. The zero-order valence-electron chi connectivity index (χ0n) is 15.8. The Bertz CT molecular complexity index is 614. The van der Waals surface area contributed by atoms with Gasteiger partial charge in [-0.15, -0.1) is 0 Å². The molecule has 6 heteroatoms. The Kier molecular flexibility index (Phi) is 9.94. The monoisotopic (exact) mass is 361 g/mol. The molecule has 0 aromatic heterocycles. The number of amides is 1. The second-order valence-corrected chi connectivity index (χ2v) is 6.19. The van der Waals surface area contributed by atoms with Gasteiger partial charge in [-0.3, -0.25) is 9.79 Å². The molecule has 1 aromatic rings. The summed E-state index contributed by atoms with van der Waals surface area (Å²) in [6, 6.07) is 6.45. The molecule has 26 heavy (non-hydrogen) atoms. The topological polar surface area (TPSA) is 45.1 Å². The third-order valence-corrected chi connectivity index (χ3v) is 3.91. The van der Waals surface area contributed by atoms with Crippen molar-refractivity contribution in [1.29, 1.82) is 0 Å². The lowest BCUT2D eigenvalue weighted by atomic mass is 10.1. The van der Waals surface area contributed by atoms with Crippen LogP contribution in [0.5, 0.6) is 0 Å². The van der Waals surface area contributed by atoms with Crippen LogP contribution < -0.4 is 0 Å². The molecule has 0 aliphatic carbocycles. The average molecular weight is 361 g/mol. The lowest BCUT2D eigenvalue weighted by molar-refractivity contribution is -0.119. The summed E-state index contributed by atoms with van der Waals surface area (Å²) in [6.45, 7) is 7.02. The first-order valence-electron chi connectivity index (χ1n) is 8.43. The number of aliphatic imine (C=N–C) groups is 1. The van der Waals surface area contributed by atoms with E-state index in [0.717, 1.165) is 24.0 Å². The first kappa shape index (κ1) is 21.6. The van der Waals surface area contributed by atoms with Gasteiger partial charge in [-0.05, 0) is 37.8 Å². The Hall–Kier alpha value is -2.47. The van der Waals surface area contributed by atoms with Gasteiger partial charge in [0, 0.05) is 46.2 Å². The van der Waals surface area contributed by atoms with E-state index in [-0.39, 0.29) is 11.9 Å². The summed E-state index contributed by atoms with van der Waals surface area (Å²) >= 11 is 0. The number of nitrogens with zero attached hydrogens (tertiary/aromatic N) is 3. The molecule has 0 bridgehead atoms. The molecule has 0 fully saturated rings. The first-order valence-corrected chi connectivity index (χ1v) is 8.43. The van der Waals surface area contributed by atoms with E-state index in [2.05, 4.69) is 11.7 Å². The van der Waals surface area contributed by atoms with Crippen molar-refractivity contribution in [2.24, 2.45) is 4.99 Å². The molecule has 1 amide bonds. The molecule has 1 atom stereocenters. The summed E-state index contributed by atoms with van der Waals surface area (Å²) in [5.74, 6) is -0.239. The fourth-order valence-electron chi connectivity index (χ4n) is 2.44. The zero-order chi connectivity index (χ0) is 19.4. The highest BCUT2D eigenvalue weighted by Gasteiger charge is 2.13. The molecule has 5 nitrogen and oxygen atoms in total. The van der Waals surface area contributed by atoms with Crippen molar-refractivity contribution in [2.75, 3.05) is 33.8 Å². The predicted octanol–water partition coefficient (Wildman–Crippen LogP) is 2.89. The second-order valence-electron chi connectivity index (χ2n) is 6.19. The van der Waals surface area contributed by atoms with Crippen LogP contribution in [-0.4, -0.2) is 62.8 Å². The molecule has 142 valence electrons. The summed E-state index contributed by atoms with van der Waals surface area (Å²) in [5, 5.41) is 0. The van der Waals surface area contributed by atoms with Crippen molar-refractivity contribution in [3.63, 3.8) is 0 Å². The quantitative estimate of drug-likeness (QED) is 0.327. The minimum absolute atomic E-state index is 0.120. The Labute approximate surface area is 155 Å². The maximum atomic E-state index is 12.9. The number of carbonyl (C=O) groups is 1. The number of likely N-dealkylation sites (N-methyl/N-ethyl adjacent to an activating group) is 1. The third-order valence-electron chi connectivity index (χ3n) is 3.91. The van der Waals surface area contributed by atoms with Crippen molar-refractivity contribution in [3.8, 4) is 0 Å². The number of halogens is 1. The van der Waals surface area contributed by atoms with Gasteiger partial charge >= 0.3 is 0 Å². The van der Waals surface area contributed by atoms with Gasteiger partial charge < -0.3 is 14.5 Å². The van der Waals surface area contributed by atoms with Crippen molar-refractivity contribution < 1.29 is 13.9 Å². The predicted molar refractivity (Wildman–Crippen MR) is 104 cm³/mol. The molecule has 0 radical (unpaired) electrons. The van der Waals surface area contributed by atoms with Crippen LogP contribution in [0.15, 0.2) is 53.3 Å². The van der Waals surface area contributed by atoms with Gasteiger partial charge in [-0.1, -0.05) is 23.8 Å². The summed E-state index contributed by atoms with van der Waals surface area (Å²) in [7, 11) is 3.54. The molecule has 1 rings (SSSR count). The highest BCUT2D eigenvalue weighted by atomic mass is 19.1. The van der Waals surface area contributed by atoms with Crippen LogP contribution in [-0.2, 0) is 16.0 Å². The molecule has 0 spiro atoms. The second kappa shape index (κ2) is 12.0. The number of carbonyl (C=O) groups excluding carboxylic acids is 1. The minimum Gasteiger partial charge on any atom is -0.378 e. The molecule has 1 unspecified atom stereocenters. The van der Waals surface area contributed by atoms with Crippen molar-refractivity contribution in [3.05, 3.63) is 59.7 Å². The largest absolute Gasteiger partial charge is 0.378 e. The van der Waals surface area contributed by atoms with Crippen molar-refractivity contribution in [1.82, 2.24) is 9.80 Å². The maximum Gasteiger partial charge on any atom is 0.210 e. The van der Waals surface area contributed by atoms with E-state index in [1.807, 2.05) is 24.9 Å². The zero-order valence-corrected chi connectivity index (χ0v) is 15.8. The number of benzene rings is 1. The van der Waals surface area contributed by atoms with Gasteiger partial charge in [0.1, 0.15) is 5.82 Å². The standard InChI is InChI=1S/C20H28FN3O2/c1-17(13-18-5-7-19(21)8-6-18)9-11-24(16-25)15-20(26-4)14-23(3)12-10-22-2/h5-10,12,16,20H,2,11,13-15H2,1,3-4H3/b12-10-,17-9+. The molecule has 0 N–H and O–H groups in total. The molecular weight excluding hydrogens is 333 g/mol. The van der Waals surface area contributed by atoms with Crippen LogP contribution in [0.3, 0.4) is 0 Å². The number of allylic oxidation sites excluding steroid dienone is 1. The SMILES string of the molecule is C=N/C=C\N(C)CC(CN(C=O)C/C=C(\C)Cc1ccc(F)cc1)OC. The van der Waals surface area contributed by atoms with Crippen LogP contribution in [0.25, 0.3) is 0 Å². The van der Waals surface area contributed by atoms with E-state index in [1.54, 1.807) is 36.5 Å². The van der Waals surface area contributed by atoms with E-state index in [0.29, 0.717) is 19.6 Å². The Morgan fingerprint density at radius 2 is 2.04 bits per heavy atom. The first-order chi connectivity index (χ1) is 12.5. The van der Waals surface area contributed by atoms with Crippen LogP contribution in [0.2, 0.25) is 0 Å².